The van der Waals surface area contributed by atoms with E-state index in [0.29, 0.717) is 15.6 Å². The van der Waals surface area contributed by atoms with Crippen molar-refractivity contribution in [3.8, 4) is 0 Å². The van der Waals surface area contributed by atoms with E-state index in [1.54, 1.807) is 18.1 Å². The van der Waals surface area contributed by atoms with Crippen LogP contribution >= 0.6 is 22.6 Å². The van der Waals surface area contributed by atoms with Crippen molar-refractivity contribution in [1.29, 1.82) is 0 Å². The van der Waals surface area contributed by atoms with Crippen molar-refractivity contribution >= 4 is 34.5 Å². The summed E-state index contributed by atoms with van der Waals surface area (Å²) in [6, 6.07) is 0. The van der Waals surface area contributed by atoms with Crippen molar-refractivity contribution in [2.75, 3.05) is 13.7 Å². The van der Waals surface area contributed by atoms with Gasteiger partial charge in [0.05, 0.1) is 9.14 Å². The summed E-state index contributed by atoms with van der Waals surface area (Å²) in [5.74, 6) is -1.01. The SMILES string of the molecule is CC(=O)OC[C@H]1O[C@@H](n2cc(I)c(=O)[nH]c2=O)C[C@@H]1OC(=O)C1=CN(C)C=CC1. The Kier molecular flexibility index (Phi) is 6.57. The number of ether oxygens (including phenoxy) is 3. The fourth-order valence-corrected chi connectivity index (χ4v) is 3.49. The first kappa shape index (κ1) is 21.3. The molecular formula is C18H20IN3O7. The molecule has 3 rings (SSSR count). The average Bonchev–Trinajstić information content (AvgIpc) is 3.05. The van der Waals surface area contributed by atoms with Gasteiger partial charge in [0, 0.05) is 39.2 Å². The van der Waals surface area contributed by atoms with Crippen LogP contribution in [0.1, 0.15) is 26.0 Å². The number of carbonyl (C=O) groups excluding carboxylic acids is 2. The quantitative estimate of drug-likeness (QED) is 0.447. The van der Waals surface area contributed by atoms with Crippen LogP contribution in [0.25, 0.3) is 0 Å². The van der Waals surface area contributed by atoms with Crippen molar-refractivity contribution in [3.05, 3.63) is 54.7 Å². The number of allylic oxidation sites excluding steroid dienone is 1. The molecule has 1 saturated heterocycles. The molecule has 0 spiro atoms. The molecule has 1 fully saturated rings. The van der Waals surface area contributed by atoms with Crippen LogP contribution in [-0.4, -0.2) is 52.3 Å². The first-order valence-corrected chi connectivity index (χ1v) is 9.92. The maximum absolute atomic E-state index is 12.6. The highest BCUT2D eigenvalue weighted by atomic mass is 127. The van der Waals surface area contributed by atoms with Gasteiger partial charge in [-0.15, -0.1) is 0 Å². The molecule has 0 radical (unpaired) electrons. The van der Waals surface area contributed by atoms with Crippen LogP contribution in [-0.2, 0) is 23.8 Å². The van der Waals surface area contributed by atoms with Gasteiger partial charge in [-0.2, -0.15) is 0 Å². The molecule has 10 nitrogen and oxygen atoms in total. The second-order valence-electron chi connectivity index (χ2n) is 6.66. The summed E-state index contributed by atoms with van der Waals surface area (Å²) < 4.78 is 18.0. The molecule has 0 aliphatic carbocycles. The molecule has 1 N–H and O–H groups in total. The van der Waals surface area contributed by atoms with Crippen LogP contribution in [0.2, 0.25) is 0 Å². The van der Waals surface area contributed by atoms with Gasteiger partial charge in [0.15, 0.2) is 0 Å². The van der Waals surface area contributed by atoms with Gasteiger partial charge in [-0.1, -0.05) is 6.08 Å². The smallest absolute Gasteiger partial charge is 0.336 e. The molecule has 3 atom stereocenters. The number of nitrogens with zero attached hydrogens (tertiary/aromatic N) is 2. The Labute approximate surface area is 179 Å². The first-order valence-electron chi connectivity index (χ1n) is 8.84. The second kappa shape index (κ2) is 8.95. The Morgan fingerprint density at radius 3 is 2.83 bits per heavy atom. The zero-order valence-electron chi connectivity index (χ0n) is 15.8. The van der Waals surface area contributed by atoms with Crippen LogP contribution in [0, 0.1) is 3.57 Å². The number of carbonyl (C=O) groups is 2. The molecule has 11 heteroatoms. The highest BCUT2D eigenvalue weighted by Gasteiger charge is 2.40. The number of H-pyrrole nitrogens is 1. The molecule has 0 aromatic carbocycles. The minimum Gasteiger partial charge on any atom is -0.463 e. The van der Waals surface area contributed by atoms with Gasteiger partial charge in [0.2, 0.25) is 0 Å². The van der Waals surface area contributed by atoms with E-state index in [2.05, 4.69) is 4.98 Å². The number of hydrogen-bond donors (Lipinski definition) is 1. The summed E-state index contributed by atoms with van der Waals surface area (Å²) >= 11 is 1.81. The standard InChI is InChI=1S/C18H20IN3O7/c1-10(23)27-9-14-13(29-17(25)11-4-3-5-21(2)7-11)6-15(28-14)22-8-12(19)16(24)20-18(22)26/h3,5,7-8,13-15H,4,6,9H2,1-2H3,(H,20,24,26)/t13-,14+,15+/m0/s1. The van der Waals surface area contributed by atoms with Crippen molar-refractivity contribution < 1.29 is 23.8 Å². The van der Waals surface area contributed by atoms with E-state index in [1.807, 2.05) is 34.9 Å². The summed E-state index contributed by atoms with van der Waals surface area (Å²) in [4.78, 5) is 51.5. The van der Waals surface area contributed by atoms with Crippen LogP contribution in [0.5, 0.6) is 0 Å². The summed E-state index contributed by atoms with van der Waals surface area (Å²) in [5, 5.41) is 0. The van der Waals surface area contributed by atoms with Crippen LogP contribution in [0.3, 0.4) is 0 Å². The third kappa shape index (κ3) is 5.15. The fourth-order valence-electron chi connectivity index (χ4n) is 3.06. The van der Waals surface area contributed by atoms with Gasteiger partial charge < -0.3 is 19.1 Å². The lowest BCUT2D eigenvalue weighted by molar-refractivity contribution is -0.154. The molecule has 0 bridgehead atoms. The Balaban J connectivity index is 1.79. The van der Waals surface area contributed by atoms with E-state index in [9.17, 15) is 19.2 Å². The third-order valence-corrected chi connectivity index (χ3v) is 5.19. The normalized spacial score (nSPS) is 23.6. The lowest BCUT2D eigenvalue weighted by Gasteiger charge is -2.21. The molecule has 29 heavy (non-hydrogen) atoms. The summed E-state index contributed by atoms with van der Waals surface area (Å²) in [7, 11) is 1.80. The van der Waals surface area contributed by atoms with Crippen molar-refractivity contribution in [2.45, 2.75) is 38.2 Å². The van der Waals surface area contributed by atoms with E-state index in [-0.39, 0.29) is 13.0 Å². The van der Waals surface area contributed by atoms with Gasteiger partial charge in [-0.25, -0.2) is 9.59 Å². The minimum atomic E-state index is -0.783. The van der Waals surface area contributed by atoms with E-state index in [1.165, 1.54) is 17.7 Å². The molecule has 3 heterocycles. The van der Waals surface area contributed by atoms with Gasteiger partial charge >= 0.3 is 17.6 Å². The Morgan fingerprint density at radius 2 is 2.14 bits per heavy atom. The van der Waals surface area contributed by atoms with Crippen molar-refractivity contribution in [3.63, 3.8) is 0 Å². The molecule has 0 saturated carbocycles. The van der Waals surface area contributed by atoms with E-state index < -0.39 is 41.6 Å². The molecule has 2 aliphatic heterocycles. The summed E-state index contributed by atoms with van der Waals surface area (Å²) in [6.07, 6.45) is 5.05. The van der Waals surface area contributed by atoms with Gasteiger partial charge in [-0.3, -0.25) is 19.1 Å². The Morgan fingerprint density at radius 1 is 1.38 bits per heavy atom. The molecule has 156 valence electrons. The minimum absolute atomic E-state index is 0.127. The number of rotatable bonds is 5. The summed E-state index contributed by atoms with van der Waals surface area (Å²) in [5.41, 5.74) is -0.661. The number of hydrogen-bond acceptors (Lipinski definition) is 8. The molecule has 1 aromatic heterocycles. The lowest BCUT2D eigenvalue weighted by Crippen LogP contribution is -2.33. The highest BCUT2D eigenvalue weighted by molar-refractivity contribution is 14.1. The maximum Gasteiger partial charge on any atom is 0.336 e. The van der Waals surface area contributed by atoms with Crippen molar-refractivity contribution in [1.82, 2.24) is 14.5 Å². The lowest BCUT2D eigenvalue weighted by atomic mass is 10.1. The summed E-state index contributed by atoms with van der Waals surface area (Å²) in [6.45, 7) is 1.13. The van der Waals surface area contributed by atoms with Gasteiger partial charge in [0.25, 0.3) is 5.56 Å². The van der Waals surface area contributed by atoms with Gasteiger partial charge in [0.1, 0.15) is 25.0 Å². The Bertz CT molecular complexity index is 980. The van der Waals surface area contributed by atoms with Crippen LogP contribution in [0.15, 0.2) is 39.8 Å². The number of aromatic amines is 1. The molecular weight excluding hydrogens is 497 g/mol. The predicted molar refractivity (Wildman–Crippen MR) is 109 cm³/mol. The molecule has 1 aromatic rings. The zero-order valence-corrected chi connectivity index (χ0v) is 18.0. The predicted octanol–water partition coefficient (Wildman–Crippen LogP) is 0.637. The monoisotopic (exact) mass is 517 g/mol. The zero-order chi connectivity index (χ0) is 21.1. The number of esters is 2. The van der Waals surface area contributed by atoms with Crippen LogP contribution < -0.4 is 11.2 Å². The first-order chi connectivity index (χ1) is 13.7. The fraction of sp³-hybridized carbons (Fsp3) is 0.444. The topological polar surface area (TPSA) is 120 Å². The van der Waals surface area contributed by atoms with Crippen LogP contribution in [0.4, 0.5) is 0 Å². The number of nitrogens with one attached hydrogen (secondary N) is 1. The molecule has 0 unspecified atom stereocenters. The van der Waals surface area contributed by atoms with E-state index in [0.717, 1.165) is 0 Å². The van der Waals surface area contributed by atoms with Crippen molar-refractivity contribution in [2.24, 2.45) is 0 Å². The second-order valence-corrected chi connectivity index (χ2v) is 7.83. The number of aromatic nitrogens is 2. The molecule has 2 aliphatic rings. The third-order valence-electron chi connectivity index (χ3n) is 4.42. The van der Waals surface area contributed by atoms with E-state index >= 15 is 0 Å². The van der Waals surface area contributed by atoms with E-state index in [4.69, 9.17) is 14.2 Å². The van der Waals surface area contributed by atoms with Gasteiger partial charge in [-0.05, 0) is 28.8 Å². The number of halogens is 1. The average molecular weight is 517 g/mol. The highest BCUT2D eigenvalue weighted by Crippen LogP contribution is 2.31. The maximum atomic E-state index is 12.6. The largest absolute Gasteiger partial charge is 0.463 e. The Hall–Kier alpha value is -2.41. The molecule has 0 amide bonds.